The molecule has 1 fully saturated rings. The Kier molecular flexibility index (Phi) is 2.44. The first-order valence-corrected chi connectivity index (χ1v) is 3.95. The van der Waals surface area contributed by atoms with E-state index < -0.39 is 0 Å². The maximum atomic E-state index is 10.9. The zero-order chi connectivity index (χ0) is 7.56. The van der Waals surface area contributed by atoms with E-state index in [0.717, 1.165) is 19.4 Å². The second-order valence-corrected chi connectivity index (χ2v) is 3.30. The molecule has 1 aliphatic heterocycles. The van der Waals surface area contributed by atoms with Gasteiger partial charge >= 0.3 is 0 Å². The van der Waals surface area contributed by atoms with Gasteiger partial charge in [0.2, 0.25) is 0 Å². The topological polar surface area (TPSA) is 29.1 Å². The van der Waals surface area contributed by atoms with Crippen molar-refractivity contribution in [3.8, 4) is 0 Å². The van der Waals surface area contributed by atoms with E-state index >= 15 is 0 Å². The van der Waals surface area contributed by atoms with Crippen molar-refractivity contribution in [2.75, 3.05) is 6.54 Å². The van der Waals surface area contributed by atoms with Crippen LogP contribution in [0.25, 0.3) is 0 Å². The minimum absolute atomic E-state index is 0.414. The van der Waals surface area contributed by atoms with Crippen LogP contribution in [-0.2, 0) is 4.79 Å². The Morgan fingerprint density at radius 3 is 2.70 bits per heavy atom. The van der Waals surface area contributed by atoms with Gasteiger partial charge in [-0.1, -0.05) is 13.8 Å². The maximum absolute atomic E-state index is 10.9. The SMILES string of the molecule is CC(C)[C@H]1CC(=O)CCN1. The molecule has 0 aromatic rings. The van der Waals surface area contributed by atoms with Crippen molar-refractivity contribution in [2.45, 2.75) is 32.7 Å². The third kappa shape index (κ3) is 1.81. The molecular weight excluding hydrogens is 126 g/mol. The molecule has 0 amide bonds. The van der Waals surface area contributed by atoms with E-state index in [1.54, 1.807) is 0 Å². The van der Waals surface area contributed by atoms with E-state index in [4.69, 9.17) is 0 Å². The highest BCUT2D eigenvalue weighted by Crippen LogP contribution is 2.11. The summed E-state index contributed by atoms with van der Waals surface area (Å²) in [6.45, 7) is 5.17. The highest BCUT2D eigenvalue weighted by atomic mass is 16.1. The fraction of sp³-hybridized carbons (Fsp3) is 0.875. The fourth-order valence-corrected chi connectivity index (χ4v) is 1.29. The van der Waals surface area contributed by atoms with E-state index in [2.05, 4.69) is 19.2 Å². The average molecular weight is 141 g/mol. The van der Waals surface area contributed by atoms with E-state index in [-0.39, 0.29) is 0 Å². The van der Waals surface area contributed by atoms with Crippen molar-refractivity contribution in [2.24, 2.45) is 5.92 Å². The first-order valence-electron chi connectivity index (χ1n) is 3.95. The lowest BCUT2D eigenvalue weighted by atomic mass is 9.94. The molecule has 1 saturated heterocycles. The molecule has 10 heavy (non-hydrogen) atoms. The molecule has 2 heteroatoms. The summed E-state index contributed by atoms with van der Waals surface area (Å²) < 4.78 is 0. The number of hydrogen-bond donors (Lipinski definition) is 1. The second kappa shape index (κ2) is 3.15. The monoisotopic (exact) mass is 141 g/mol. The fourth-order valence-electron chi connectivity index (χ4n) is 1.29. The summed E-state index contributed by atoms with van der Waals surface area (Å²) in [4.78, 5) is 10.9. The molecule has 0 saturated carbocycles. The van der Waals surface area contributed by atoms with Crippen LogP contribution in [0, 0.1) is 5.92 Å². The van der Waals surface area contributed by atoms with E-state index in [9.17, 15) is 4.79 Å². The average Bonchev–Trinajstić information content (AvgIpc) is 1.88. The van der Waals surface area contributed by atoms with Crippen LogP contribution in [0.3, 0.4) is 0 Å². The van der Waals surface area contributed by atoms with Crippen LogP contribution in [0.2, 0.25) is 0 Å². The van der Waals surface area contributed by atoms with Crippen molar-refractivity contribution >= 4 is 5.78 Å². The van der Waals surface area contributed by atoms with Crippen LogP contribution in [-0.4, -0.2) is 18.4 Å². The van der Waals surface area contributed by atoms with Crippen molar-refractivity contribution in [3.05, 3.63) is 0 Å². The van der Waals surface area contributed by atoms with Gasteiger partial charge in [-0.3, -0.25) is 4.79 Å². The zero-order valence-electron chi connectivity index (χ0n) is 6.68. The summed E-state index contributed by atoms with van der Waals surface area (Å²) in [5, 5.41) is 3.33. The number of carbonyl (C=O) groups excluding carboxylic acids is 1. The highest BCUT2D eigenvalue weighted by molar-refractivity contribution is 5.79. The lowest BCUT2D eigenvalue weighted by Gasteiger charge is -2.25. The molecule has 58 valence electrons. The molecule has 0 aromatic carbocycles. The molecule has 1 rings (SSSR count). The Morgan fingerprint density at radius 1 is 1.60 bits per heavy atom. The van der Waals surface area contributed by atoms with Gasteiger partial charge in [0, 0.05) is 25.4 Å². The second-order valence-electron chi connectivity index (χ2n) is 3.30. The van der Waals surface area contributed by atoms with Gasteiger partial charge in [-0.25, -0.2) is 0 Å². The van der Waals surface area contributed by atoms with Gasteiger partial charge in [-0.2, -0.15) is 0 Å². The number of Topliss-reactive ketones (excluding diaryl/α,β-unsaturated/α-hetero) is 1. The van der Waals surface area contributed by atoms with Gasteiger partial charge in [-0.15, -0.1) is 0 Å². The number of hydrogen-bond acceptors (Lipinski definition) is 2. The van der Waals surface area contributed by atoms with Crippen LogP contribution in [0.4, 0.5) is 0 Å². The first-order chi connectivity index (χ1) is 4.70. The predicted octanol–water partition coefficient (Wildman–Crippen LogP) is 0.964. The molecule has 1 aliphatic rings. The van der Waals surface area contributed by atoms with Crippen LogP contribution in [0.15, 0.2) is 0 Å². The van der Waals surface area contributed by atoms with E-state index in [1.165, 1.54) is 0 Å². The Morgan fingerprint density at radius 2 is 2.30 bits per heavy atom. The van der Waals surface area contributed by atoms with Gasteiger partial charge < -0.3 is 5.32 Å². The maximum Gasteiger partial charge on any atom is 0.135 e. The van der Waals surface area contributed by atoms with E-state index in [1.807, 2.05) is 0 Å². The molecule has 1 atom stereocenters. The Balaban J connectivity index is 2.39. The highest BCUT2D eigenvalue weighted by Gasteiger charge is 2.20. The summed E-state index contributed by atoms with van der Waals surface area (Å²) in [6, 6.07) is 0.432. The molecule has 0 aliphatic carbocycles. The number of rotatable bonds is 1. The summed E-state index contributed by atoms with van der Waals surface area (Å²) in [7, 11) is 0. The van der Waals surface area contributed by atoms with E-state index in [0.29, 0.717) is 17.7 Å². The lowest BCUT2D eigenvalue weighted by Crippen LogP contribution is -2.41. The molecule has 1 heterocycles. The van der Waals surface area contributed by atoms with Crippen molar-refractivity contribution < 1.29 is 4.79 Å². The third-order valence-corrected chi connectivity index (χ3v) is 2.06. The predicted molar refractivity (Wildman–Crippen MR) is 40.9 cm³/mol. The largest absolute Gasteiger partial charge is 0.313 e. The number of nitrogens with one attached hydrogen (secondary N) is 1. The minimum atomic E-state index is 0.414. The summed E-state index contributed by atoms with van der Waals surface area (Å²) in [5.74, 6) is 1.00. The standard InChI is InChI=1S/C8H15NO/c1-6(2)8-5-7(10)3-4-9-8/h6,8-9H,3-5H2,1-2H3/t8-/m1/s1. The van der Waals surface area contributed by atoms with Crippen molar-refractivity contribution in [1.29, 1.82) is 0 Å². The molecule has 0 unspecified atom stereocenters. The van der Waals surface area contributed by atoms with Crippen LogP contribution in [0.5, 0.6) is 0 Å². The lowest BCUT2D eigenvalue weighted by molar-refractivity contribution is -0.120. The summed E-state index contributed by atoms with van der Waals surface area (Å²) in [6.07, 6.45) is 1.46. The molecule has 0 aromatic heterocycles. The smallest absolute Gasteiger partial charge is 0.135 e. The van der Waals surface area contributed by atoms with Crippen LogP contribution >= 0.6 is 0 Å². The Bertz CT molecular complexity index is 131. The van der Waals surface area contributed by atoms with Crippen LogP contribution in [0.1, 0.15) is 26.7 Å². The number of carbonyl (C=O) groups is 1. The molecule has 1 N–H and O–H groups in total. The van der Waals surface area contributed by atoms with Gasteiger partial charge in [0.05, 0.1) is 0 Å². The Hall–Kier alpha value is -0.370. The van der Waals surface area contributed by atoms with Gasteiger partial charge in [0.1, 0.15) is 5.78 Å². The quantitative estimate of drug-likeness (QED) is 0.589. The van der Waals surface area contributed by atoms with Crippen molar-refractivity contribution in [1.82, 2.24) is 5.32 Å². The minimum Gasteiger partial charge on any atom is -0.313 e. The van der Waals surface area contributed by atoms with Gasteiger partial charge in [-0.05, 0) is 5.92 Å². The summed E-state index contributed by atoms with van der Waals surface area (Å²) in [5.41, 5.74) is 0. The Labute approximate surface area is 62.0 Å². The van der Waals surface area contributed by atoms with Crippen LogP contribution < -0.4 is 5.32 Å². The normalized spacial score (nSPS) is 27.5. The molecule has 0 bridgehead atoms. The molecule has 0 spiro atoms. The summed E-state index contributed by atoms with van der Waals surface area (Å²) >= 11 is 0. The molecule has 2 nitrogen and oxygen atoms in total. The third-order valence-electron chi connectivity index (χ3n) is 2.06. The van der Waals surface area contributed by atoms with Gasteiger partial charge in [0.15, 0.2) is 0 Å². The van der Waals surface area contributed by atoms with Crippen molar-refractivity contribution in [3.63, 3.8) is 0 Å². The molecular formula is C8H15NO. The first kappa shape index (κ1) is 7.73. The number of piperidine rings is 1. The zero-order valence-corrected chi connectivity index (χ0v) is 6.68. The molecule has 0 radical (unpaired) electrons. The van der Waals surface area contributed by atoms with Gasteiger partial charge in [0.25, 0.3) is 0 Å². The number of ketones is 1.